The highest BCUT2D eigenvalue weighted by molar-refractivity contribution is 5.72. The Labute approximate surface area is 164 Å². The lowest BCUT2D eigenvalue weighted by molar-refractivity contribution is -0.150. The first-order valence-electron chi connectivity index (χ1n) is 11.9. The summed E-state index contributed by atoms with van der Waals surface area (Å²) in [5, 5.41) is 0. The van der Waals surface area contributed by atoms with Gasteiger partial charge in [-0.1, -0.05) is 111 Å². The Bertz CT molecular complexity index is 301. The Hall–Kier alpha value is -0.530. The van der Waals surface area contributed by atoms with Crippen LogP contribution in [0.2, 0.25) is 0 Å². The van der Waals surface area contributed by atoms with Crippen molar-refractivity contribution in [2.24, 2.45) is 11.8 Å². The minimum Gasteiger partial charge on any atom is -0.465 e. The standard InChI is InChI=1S/C24H48O2/c1-5-9-11-13-15-17-19-22(7-3)21-26-24(25)23(8-4)20-18-16-14-12-10-6-2/h22-23H,5-21H2,1-4H3. The summed E-state index contributed by atoms with van der Waals surface area (Å²) in [7, 11) is 0. The molecule has 2 atom stereocenters. The van der Waals surface area contributed by atoms with Gasteiger partial charge in [-0.05, 0) is 25.2 Å². The van der Waals surface area contributed by atoms with Crippen LogP contribution in [-0.4, -0.2) is 12.6 Å². The van der Waals surface area contributed by atoms with Crippen molar-refractivity contribution in [1.82, 2.24) is 0 Å². The largest absolute Gasteiger partial charge is 0.465 e. The maximum absolute atomic E-state index is 12.4. The fourth-order valence-corrected chi connectivity index (χ4v) is 3.60. The van der Waals surface area contributed by atoms with Gasteiger partial charge in [0.2, 0.25) is 0 Å². The lowest BCUT2D eigenvalue weighted by Crippen LogP contribution is -2.21. The van der Waals surface area contributed by atoms with E-state index in [2.05, 4.69) is 27.7 Å². The monoisotopic (exact) mass is 368 g/mol. The summed E-state index contributed by atoms with van der Waals surface area (Å²) in [4.78, 5) is 12.4. The van der Waals surface area contributed by atoms with Crippen LogP contribution < -0.4 is 0 Å². The number of esters is 1. The van der Waals surface area contributed by atoms with Gasteiger partial charge in [0.15, 0.2) is 0 Å². The van der Waals surface area contributed by atoms with Crippen molar-refractivity contribution in [2.75, 3.05) is 6.61 Å². The second kappa shape index (κ2) is 19.2. The van der Waals surface area contributed by atoms with Crippen LogP contribution in [0.5, 0.6) is 0 Å². The third-order valence-corrected chi connectivity index (χ3v) is 5.74. The molecule has 0 aromatic heterocycles. The first-order chi connectivity index (χ1) is 12.7. The molecular formula is C24H48O2. The van der Waals surface area contributed by atoms with Gasteiger partial charge in [0.05, 0.1) is 12.5 Å². The Morgan fingerprint density at radius 2 is 1.15 bits per heavy atom. The minimum absolute atomic E-state index is 0.0578. The number of ether oxygens (including phenoxy) is 1. The van der Waals surface area contributed by atoms with E-state index >= 15 is 0 Å². The number of rotatable bonds is 19. The highest BCUT2D eigenvalue weighted by Gasteiger charge is 2.19. The number of carbonyl (C=O) groups excluding carboxylic acids is 1. The van der Waals surface area contributed by atoms with Crippen molar-refractivity contribution in [1.29, 1.82) is 0 Å². The third kappa shape index (κ3) is 14.6. The zero-order valence-electron chi connectivity index (χ0n) is 18.5. The van der Waals surface area contributed by atoms with E-state index < -0.39 is 0 Å². The van der Waals surface area contributed by atoms with Crippen LogP contribution in [0.15, 0.2) is 0 Å². The summed E-state index contributed by atoms with van der Waals surface area (Å²) in [6.07, 6.45) is 20.0. The predicted molar refractivity (Wildman–Crippen MR) is 115 cm³/mol. The molecule has 0 saturated heterocycles. The molecule has 0 aromatic rings. The first-order valence-corrected chi connectivity index (χ1v) is 11.9. The van der Waals surface area contributed by atoms with Crippen LogP contribution in [0.25, 0.3) is 0 Å². The Morgan fingerprint density at radius 1 is 0.654 bits per heavy atom. The first kappa shape index (κ1) is 25.5. The molecule has 0 radical (unpaired) electrons. The molecule has 0 aliphatic rings. The third-order valence-electron chi connectivity index (χ3n) is 5.74. The molecule has 0 aliphatic carbocycles. The maximum Gasteiger partial charge on any atom is 0.308 e. The van der Waals surface area contributed by atoms with Crippen LogP contribution in [0.1, 0.15) is 130 Å². The fraction of sp³-hybridized carbons (Fsp3) is 0.958. The van der Waals surface area contributed by atoms with Gasteiger partial charge in [-0.3, -0.25) is 4.79 Å². The fourth-order valence-electron chi connectivity index (χ4n) is 3.60. The van der Waals surface area contributed by atoms with Crippen molar-refractivity contribution < 1.29 is 9.53 Å². The Kier molecular flexibility index (Phi) is 18.8. The smallest absolute Gasteiger partial charge is 0.308 e. The average Bonchev–Trinajstić information content (AvgIpc) is 2.66. The summed E-state index contributed by atoms with van der Waals surface area (Å²) in [6, 6.07) is 0. The van der Waals surface area contributed by atoms with E-state index in [1.54, 1.807) is 0 Å². The Morgan fingerprint density at radius 3 is 1.65 bits per heavy atom. The van der Waals surface area contributed by atoms with E-state index in [9.17, 15) is 4.79 Å². The van der Waals surface area contributed by atoms with Crippen LogP contribution in [-0.2, 0) is 9.53 Å². The topological polar surface area (TPSA) is 26.3 Å². The van der Waals surface area contributed by atoms with Gasteiger partial charge in [-0.15, -0.1) is 0 Å². The summed E-state index contributed by atoms with van der Waals surface area (Å²) >= 11 is 0. The molecule has 156 valence electrons. The summed E-state index contributed by atoms with van der Waals surface area (Å²) < 4.78 is 5.70. The van der Waals surface area contributed by atoms with Crippen molar-refractivity contribution in [2.45, 2.75) is 130 Å². The van der Waals surface area contributed by atoms with Crippen LogP contribution >= 0.6 is 0 Å². The molecule has 0 rings (SSSR count). The lowest BCUT2D eigenvalue weighted by Gasteiger charge is -2.18. The quantitative estimate of drug-likeness (QED) is 0.170. The minimum atomic E-state index is 0.0578. The second-order valence-electron chi connectivity index (χ2n) is 8.12. The van der Waals surface area contributed by atoms with E-state index in [0.717, 1.165) is 19.3 Å². The molecule has 0 bridgehead atoms. The van der Waals surface area contributed by atoms with Crippen LogP contribution in [0, 0.1) is 11.8 Å². The molecule has 0 aliphatic heterocycles. The van der Waals surface area contributed by atoms with Crippen molar-refractivity contribution in [3.05, 3.63) is 0 Å². The Balaban J connectivity index is 3.86. The zero-order valence-corrected chi connectivity index (χ0v) is 18.5. The highest BCUT2D eigenvalue weighted by atomic mass is 16.5. The van der Waals surface area contributed by atoms with E-state index in [4.69, 9.17) is 4.74 Å². The molecular weight excluding hydrogens is 320 g/mol. The number of hydrogen-bond acceptors (Lipinski definition) is 2. The zero-order chi connectivity index (χ0) is 19.5. The van der Waals surface area contributed by atoms with Crippen LogP contribution in [0.4, 0.5) is 0 Å². The molecule has 2 heteroatoms. The molecule has 0 spiro atoms. The molecule has 0 aromatic carbocycles. The highest BCUT2D eigenvalue weighted by Crippen LogP contribution is 2.19. The van der Waals surface area contributed by atoms with Gasteiger partial charge in [0.1, 0.15) is 0 Å². The lowest BCUT2D eigenvalue weighted by atomic mass is 9.97. The van der Waals surface area contributed by atoms with Gasteiger partial charge < -0.3 is 4.74 Å². The predicted octanol–water partition coefficient (Wildman–Crippen LogP) is 8.08. The SMILES string of the molecule is CCCCCCCCC(CC)COC(=O)C(CC)CCCCCCCC. The van der Waals surface area contributed by atoms with E-state index in [-0.39, 0.29) is 11.9 Å². The van der Waals surface area contributed by atoms with Crippen molar-refractivity contribution >= 4 is 5.97 Å². The van der Waals surface area contributed by atoms with Crippen molar-refractivity contribution in [3.8, 4) is 0 Å². The normalized spacial score (nSPS) is 13.5. The molecule has 0 saturated carbocycles. The summed E-state index contributed by atoms with van der Waals surface area (Å²) in [5.41, 5.74) is 0. The average molecular weight is 369 g/mol. The number of carbonyl (C=O) groups is 1. The number of hydrogen-bond donors (Lipinski definition) is 0. The van der Waals surface area contributed by atoms with Gasteiger partial charge in [0.25, 0.3) is 0 Å². The van der Waals surface area contributed by atoms with Crippen LogP contribution in [0.3, 0.4) is 0 Å². The molecule has 2 unspecified atom stereocenters. The molecule has 0 amide bonds. The molecule has 0 heterocycles. The van der Waals surface area contributed by atoms with E-state index in [1.165, 1.54) is 83.5 Å². The molecule has 0 N–H and O–H groups in total. The van der Waals surface area contributed by atoms with E-state index in [1.807, 2.05) is 0 Å². The van der Waals surface area contributed by atoms with Gasteiger partial charge in [0, 0.05) is 0 Å². The molecule has 26 heavy (non-hydrogen) atoms. The van der Waals surface area contributed by atoms with Crippen molar-refractivity contribution in [3.63, 3.8) is 0 Å². The summed E-state index contributed by atoms with van der Waals surface area (Å²) in [6.45, 7) is 9.49. The van der Waals surface area contributed by atoms with Gasteiger partial charge in [-0.2, -0.15) is 0 Å². The summed E-state index contributed by atoms with van der Waals surface area (Å²) in [5.74, 6) is 0.729. The number of unbranched alkanes of at least 4 members (excludes halogenated alkanes) is 10. The van der Waals surface area contributed by atoms with E-state index in [0.29, 0.717) is 12.5 Å². The molecule has 2 nitrogen and oxygen atoms in total. The van der Waals surface area contributed by atoms with Gasteiger partial charge in [-0.25, -0.2) is 0 Å². The second-order valence-corrected chi connectivity index (χ2v) is 8.12. The maximum atomic E-state index is 12.4. The van der Waals surface area contributed by atoms with Gasteiger partial charge >= 0.3 is 5.97 Å². The molecule has 0 fully saturated rings.